The molecule has 0 aliphatic carbocycles. The van der Waals surface area contributed by atoms with Crippen molar-refractivity contribution in [2.24, 2.45) is 5.92 Å². The van der Waals surface area contributed by atoms with E-state index in [1.165, 1.54) is 18.2 Å². The molecule has 63 heavy (non-hydrogen) atoms. The minimum atomic E-state index is -1.30. The molecule has 0 radical (unpaired) electrons. The second-order valence-electron chi connectivity index (χ2n) is 14.7. The first-order chi connectivity index (χ1) is 30.4. The molecule has 0 bridgehead atoms. The van der Waals surface area contributed by atoms with Crippen LogP contribution in [0.5, 0.6) is 11.5 Å². The number of nitrogens with zero attached hydrogens (tertiary/aromatic N) is 2. The average molecular weight is 876 g/mol. The van der Waals surface area contributed by atoms with Crippen LogP contribution in [0, 0.1) is 5.92 Å². The molecule has 2 aromatic carbocycles. The number of esters is 1. The number of carbonyl (C=O) groups excluding carboxylic acids is 7. The number of rotatable bonds is 25. The van der Waals surface area contributed by atoms with Crippen molar-refractivity contribution in [3.05, 3.63) is 65.4 Å². The number of ether oxygens (including phenoxy) is 3. The molecule has 3 atom stereocenters. The number of fused-ring (bicyclic) bond motifs is 1. The van der Waals surface area contributed by atoms with E-state index in [9.17, 15) is 33.6 Å². The summed E-state index contributed by atoms with van der Waals surface area (Å²) >= 11 is 0. The van der Waals surface area contributed by atoms with E-state index in [2.05, 4.69) is 16.0 Å². The normalized spacial score (nSPS) is 13.2. The summed E-state index contributed by atoms with van der Waals surface area (Å²) < 4.78 is 27.2. The maximum Gasteiger partial charge on any atom is 0.363 e. The van der Waals surface area contributed by atoms with Crippen molar-refractivity contribution in [2.75, 3.05) is 45.0 Å². The van der Waals surface area contributed by atoms with Crippen molar-refractivity contribution < 1.29 is 61.7 Å². The van der Waals surface area contributed by atoms with Crippen LogP contribution < -0.4 is 30.3 Å². The Kier molecular flexibility index (Phi) is 19.3. The largest absolute Gasteiger partial charge is 0.542 e. The Morgan fingerprint density at radius 3 is 2.41 bits per heavy atom. The van der Waals surface area contributed by atoms with Crippen molar-refractivity contribution >= 4 is 55.8 Å². The molecule has 0 unspecified atom stereocenters. The van der Waals surface area contributed by atoms with E-state index in [1.807, 2.05) is 25.8 Å². The van der Waals surface area contributed by atoms with Gasteiger partial charge in [-0.15, -0.1) is 0 Å². The molecule has 0 fully saturated rings. The van der Waals surface area contributed by atoms with Gasteiger partial charge in [0.15, 0.2) is 5.76 Å². The van der Waals surface area contributed by atoms with Gasteiger partial charge in [-0.25, -0.2) is 4.79 Å². The fraction of sp³-hybridized carbons (Fsp3) is 0.477. The lowest BCUT2D eigenvalue weighted by molar-refractivity contribution is -0.171. The van der Waals surface area contributed by atoms with Crippen LogP contribution in [0.4, 0.5) is 5.69 Å². The maximum atomic E-state index is 13.7. The summed E-state index contributed by atoms with van der Waals surface area (Å²) in [6.07, 6.45) is 4.51. The number of benzene rings is 2. The standard InChI is InChI=1S/C44H58BN5O13/c1-6-10-12-13-30(33(8-3)50(27-51)63-43(56)29-15-17-36-34(23-29)49(5)20-22-59-36)40(53)46-26-47-42(55)37-19-18-35(61-37)28-14-16-31(38(24-28)58-9-4)41(54)48-32(44(57)62-45)25-39(52)60-21-11-7-2/h14-19,23-24,27,30,32-33H,6-13,20-22,25-26,45H2,1-5H3,(H,46,53)(H,47,55)(H,48,54)/t30-,32+,33-/m1/s1. The lowest BCUT2D eigenvalue weighted by Gasteiger charge is -2.32. The molecule has 19 heteroatoms. The van der Waals surface area contributed by atoms with Gasteiger partial charge in [-0.05, 0) is 68.7 Å². The molecule has 0 spiro atoms. The zero-order valence-corrected chi connectivity index (χ0v) is 36.8. The predicted octanol–water partition coefficient (Wildman–Crippen LogP) is 4.11. The Hall–Kier alpha value is -6.53. The van der Waals surface area contributed by atoms with Crippen molar-refractivity contribution in [3.63, 3.8) is 0 Å². The zero-order valence-electron chi connectivity index (χ0n) is 36.8. The summed E-state index contributed by atoms with van der Waals surface area (Å²) in [5.74, 6) is -3.85. The lowest BCUT2D eigenvalue weighted by atomic mass is 9.90. The van der Waals surface area contributed by atoms with Gasteiger partial charge in [0.1, 0.15) is 29.9 Å². The van der Waals surface area contributed by atoms with Crippen LogP contribution in [0.15, 0.2) is 52.9 Å². The minimum absolute atomic E-state index is 0.0693. The lowest BCUT2D eigenvalue weighted by Crippen LogP contribution is -2.49. The van der Waals surface area contributed by atoms with Crippen LogP contribution in [0.25, 0.3) is 11.3 Å². The third-order valence-corrected chi connectivity index (χ3v) is 10.3. The number of furan rings is 1. The highest BCUT2D eigenvalue weighted by molar-refractivity contribution is 6.08. The summed E-state index contributed by atoms with van der Waals surface area (Å²) in [5, 5.41) is 8.77. The minimum Gasteiger partial charge on any atom is -0.542 e. The Morgan fingerprint density at radius 2 is 1.71 bits per heavy atom. The molecular formula is C44H58BN5O13. The molecule has 1 aliphatic heterocycles. The van der Waals surface area contributed by atoms with E-state index in [1.54, 1.807) is 44.2 Å². The van der Waals surface area contributed by atoms with Gasteiger partial charge in [0.2, 0.25) is 12.3 Å². The number of anilines is 1. The van der Waals surface area contributed by atoms with Gasteiger partial charge in [-0.1, -0.05) is 52.5 Å². The van der Waals surface area contributed by atoms with Gasteiger partial charge in [0.25, 0.3) is 11.8 Å². The number of amides is 4. The number of hydroxylamine groups is 2. The highest BCUT2D eigenvalue weighted by atomic mass is 16.7. The number of hydrogen-bond donors (Lipinski definition) is 3. The maximum absolute atomic E-state index is 13.7. The molecule has 4 rings (SSSR count). The van der Waals surface area contributed by atoms with Gasteiger partial charge >= 0.3 is 26.0 Å². The number of hydrogen-bond acceptors (Lipinski definition) is 14. The molecule has 18 nitrogen and oxygen atoms in total. The first-order valence-electron chi connectivity index (χ1n) is 21.3. The van der Waals surface area contributed by atoms with Crippen LogP contribution in [-0.4, -0.2) is 107 Å². The molecule has 2 heterocycles. The fourth-order valence-electron chi connectivity index (χ4n) is 6.86. The van der Waals surface area contributed by atoms with E-state index in [4.69, 9.17) is 28.1 Å². The summed E-state index contributed by atoms with van der Waals surface area (Å²) in [4.78, 5) is 98.2. The topological polar surface area (TPSA) is 221 Å². The molecule has 1 aromatic heterocycles. The molecule has 3 aromatic rings. The second-order valence-corrected chi connectivity index (χ2v) is 14.7. The van der Waals surface area contributed by atoms with Gasteiger partial charge in [0, 0.05) is 12.6 Å². The van der Waals surface area contributed by atoms with Crippen LogP contribution in [0.1, 0.15) is 110 Å². The number of likely N-dealkylation sites (N-methyl/N-ethyl adjacent to an activating group) is 1. The Balaban J connectivity index is 1.40. The molecule has 0 saturated heterocycles. The monoisotopic (exact) mass is 875 g/mol. The van der Waals surface area contributed by atoms with Gasteiger partial charge in [0.05, 0.1) is 61.6 Å². The summed E-state index contributed by atoms with van der Waals surface area (Å²) in [6.45, 7) is 8.73. The molecule has 4 amide bonds. The summed E-state index contributed by atoms with van der Waals surface area (Å²) in [7, 11) is 3.02. The van der Waals surface area contributed by atoms with Crippen molar-refractivity contribution in [2.45, 2.75) is 91.1 Å². The third kappa shape index (κ3) is 13.7. The third-order valence-electron chi connectivity index (χ3n) is 10.3. The first-order valence-corrected chi connectivity index (χ1v) is 21.3. The fourth-order valence-corrected chi connectivity index (χ4v) is 6.86. The van der Waals surface area contributed by atoms with E-state index >= 15 is 0 Å². The van der Waals surface area contributed by atoms with Crippen molar-refractivity contribution in [1.29, 1.82) is 0 Å². The molecule has 0 saturated carbocycles. The van der Waals surface area contributed by atoms with E-state index < -0.39 is 60.1 Å². The number of carbonyl (C=O) groups is 7. The van der Waals surface area contributed by atoms with E-state index in [-0.39, 0.29) is 48.3 Å². The highest BCUT2D eigenvalue weighted by Gasteiger charge is 2.34. The van der Waals surface area contributed by atoms with E-state index in [0.29, 0.717) is 62.2 Å². The smallest absolute Gasteiger partial charge is 0.363 e. The van der Waals surface area contributed by atoms with Crippen molar-refractivity contribution in [3.8, 4) is 22.8 Å². The quantitative estimate of drug-likeness (QED) is 0.0273. The van der Waals surface area contributed by atoms with Crippen molar-refractivity contribution in [1.82, 2.24) is 21.0 Å². The molecule has 1 aliphatic rings. The van der Waals surface area contributed by atoms with Crippen LogP contribution in [0.3, 0.4) is 0 Å². The molecule has 3 N–H and O–H groups in total. The first kappa shape index (κ1) is 49.1. The second kappa shape index (κ2) is 24.8. The summed E-state index contributed by atoms with van der Waals surface area (Å²) in [5.41, 5.74) is 1.45. The molecule has 340 valence electrons. The zero-order chi connectivity index (χ0) is 45.9. The van der Waals surface area contributed by atoms with Gasteiger partial charge in [-0.3, -0.25) is 28.8 Å². The van der Waals surface area contributed by atoms with Crippen LogP contribution >= 0.6 is 0 Å². The van der Waals surface area contributed by atoms with Crippen LogP contribution in [0.2, 0.25) is 0 Å². The van der Waals surface area contributed by atoms with Gasteiger partial charge < -0.3 is 49.0 Å². The average Bonchev–Trinajstić information content (AvgIpc) is 3.79. The Labute approximate surface area is 368 Å². The highest BCUT2D eigenvalue weighted by Crippen LogP contribution is 2.33. The Bertz CT molecular complexity index is 2060. The van der Waals surface area contributed by atoms with Crippen LogP contribution in [-0.2, 0) is 33.4 Å². The molecular weight excluding hydrogens is 817 g/mol. The van der Waals surface area contributed by atoms with E-state index in [0.717, 1.165) is 32.4 Å². The predicted molar refractivity (Wildman–Crippen MR) is 232 cm³/mol. The Morgan fingerprint density at radius 1 is 0.937 bits per heavy atom. The number of unbranched alkanes of at least 4 members (excludes halogenated alkanes) is 3. The summed E-state index contributed by atoms with van der Waals surface area (Å²) in [6, 6.07) is 10.3. The SMILES string of the molecule is BOC(=O)[C@H](CC(=O)OCCCC)NC(=O)c1ccc(-c2ccc(C(=O)NCNC(=O)[C@H](CCCCC)[C@@H](CC)N(C=O)OC(=O)c3ccc4c(c3)N(C)CCO4)o2)cc1OCC. The van der Waals surface area contributed by atoms with Gasteiger partial charge in [-0.2, -0.15) is 5.06 Å². The number of nitrogens with one attached hydrogen (secondary N) is 3.